The van der Waals surface area contributed by atoms with Crippen molar-refractivity contribution >= 4 is 46.9 Å². The summed E-state index contributed by atoms with van der Waals surface area (Å²) in [5.41, 5.74) is 3.56. The van der Waals surface area contributed by atoms with E-state index in [1.807, 2.05) is 6.07 Å². The Hall–Kier alpha value is -2.31. The summed E-state index contributed by atoms with van der Waals surface area (Å²) in [7, 11) is 0. The number of aromatic amines is 1. The number of carbonyl (C=O) groups is 2. The van der Waals surface area contributed by atoms with E-state index < -0.39 is 0 Å². The Labute approximate surface area is 142 Å². The van der Waals surface area contributed by atoms with Crippen molar-refractivity contribution in [2.75, 3.05) is 5.32 Å². The number of hydrogen-bond donors (Lipinski definition) is 3. The van der Waals surface area contributed by atoms with Gasteiger partial charge in [0.25, 0.3) is 0 Å². The molecule has 3 N–H and O–H groups in total. The van der Waals surface area contributed by atoms with Gasteiger partial charge in [-0.15, -0.1) is 0 Å². The standard InChI is InChI=1S/C15H14Cl2N4O2/c16-10-3-4-13(12(17)8-10)20-14(22)5-6-15(23)21-19-9-11-2-1-7-18-11/h1-4,7-9,18H,5-6H2,(H,20,22)(H,21,23). The highest BCUT2D eigenvalue weighted by molar-refractivity contribution is 6.36. The maximum atomic E-state index is 11.8. The molecule has 0 aliphatic carbocycles. The number of H-pyrrole nitrogens is 1. The molecule has 1 aromatic heterocycles. The minimum absolute atomic E-state index is 0.0130. The summed E-state index contributed by atoms with van der Waals surface area (Å²) in [6, 6.07) is 8.36. The van der Waals surface area contributed by atoms with Crippen LogP contribution in [-0.2, 0) is 9.59 Å². The summed E-state index contributed by atoms with van der Waals surface area (Å²) in [5.74, 6) is -0.678. The molecule has 23 heavy (non-hydrogen) atoms. The molecule has 8 heteroatoms. The fourth-order valence-corrected chi connectivity index (χ4v) is 2.14. The molecule has 0 radical (unpaired) electrons. The third-order valence-corrected chi connectivity index (χ3v) is 3.35. The lowest BCUT2D eigenvalue weighted by atomic mass is 10.2. The van der Waals surface area contributed by atoms with E-state index >= 15 is 0 Å². The lowest BCUT2D eigenvalue weighted by Crippen LogP contribution is -2.20. The summed E-state index contributed by atoms with van der Waals surface area (Å²) >= 11 is 11.7. The molecule has 2 rings (SSSR count). The number of benzene rings is 1. The second-order valence-corrected chi connectivity index (χ2v) is 5.43. The first-order valence-corrected chi connectivity index (χ1v) is 7.50. The molecule has 120 valence electrons. The van der Waals surface area contributed by atoms with Crippen LogP contribution < -0.4 is 10.7 Å². The molecular weight excluding hydrogens is 339 g/mol. The lowest BCUT2D eigenvalue weighted by molar-refractivity contribution is -0.124. The van der Waals surface area contributed by atoms with Crippen molar-refractivity contribution in [2.24, 2.45) is 5.10 Å². The van der Waals surface area contributed by atoms with Crippen molar-refractivity contribution in [3.8, 4) is 0 Å². The zero-order chi connectivity index (χ0) is 16.7. The summed E-state index contributed by atoms with van der Waals surface area (Å²) in [6.45, 7) is 0. The molecule has 2 aromatic rings. The maximum absolute atomic E-state index is 11.8. The topological polar surface area (TPSA) is 86.3 Å². The number of nitrogens with one attached hydrogen (secondary N) is 3. The Morgan fingerprint density at radius 1 is 1.17 bits per heavy atom. The molecule has 6 nitrogen and oxygen atoms in total. The average Bonchev–Trinajstić information content (AvgIpc) is 3.01. The van der Waals surface area contributed by atoms with E-state index in [1.54, 1.807) is 24.4 Å². The van der Waals surface area contributed by atoms with E-state index in [0.717, 1.165) is 5.69 Å². The molecule has 0 saturated heterocycles. The quantitative estimate of drug-likeness (QED) is 0.550. The van der Waals surface area contributed by atoms with Crippen molar-refractivity contribution in [1.82, 2.24) is 10.4 Å². The van der Waals surface area contributed by atoms with Gasteiger partial charge in [-0.05, 0) is 30.3 Å². The molecule has 0 aliphatic heterocycles. The van der Waals surface area contributed by atoms with Crippen LogP contribution in [0.25, 0.3) is 0 Å². The van der Waals surface area contributed by atoms with Gasteiger partial charge in [0.05, 0.1) is 22.6 Å². The number of nitrogens with zero attached hydrogens (tertiary/aromatic N) is 1. The molecule has 1 aromatic carbocycles. The van der Waals surface area contributed by atoms with Crippen LogP contribution in [0.1, 0.15) is 18.5 Å². The van der Waals surface area contributed by atoms with Crippen LogP contribution in [0.5, 0.6) is 0 Å². The molecule has 1 heterocycles. The maximum Gasteiger partial charge on any atom is 0.240 e. The Kier molecular flexibility index (Phi) is 6.19. The van der Waals surface area contributed by atoms with Gasteiger partial charge < -0.3 is 10.3 Å². The number of rotatable bonds is 6. The van der Waals surface area contributed by atoms with Gasteiger partial charge in [0.2, 0.25) is 11.8 Å². The number of anilines is 1. The van der Waals surface area contributed by atoms with Crippen LogP contribution in [0.4, 0.5) is 5.69 Å². The molecule has 0 saturated carbocycles. The van der Waals surface area contributed by atoms with Gasteiger partial charge in [0.1, 0.15) is 0 Å². The van der Waals surface area contributed by atoms with E-state index in [4.69, 9.17) is 23.2 Å². The number of amides is 2. The minimum atomic E-state index is -0.356. The molecule has 0 fully saturated rings. The molecule has 0 atom stereocenters. The van der Waals surface area contributed by atoms with Crippen LogP contribution in [0, 0.1) is 0 Å². The first-order valence-electron chi connectivity index (χ1n) is 6.75. The van der Waals surface area contributed by atoms with Crippen molar-refractivity contribution < 1.29 is 9.59 Å². The third-order valence-electron chi connectivity index (χ3n) is 2.80. The van der Waals surface area contributed by atoms with Crippen LogP contribution >= 0.6 is 23.2 Å². The molecule has 2 amide bonds. The number of hydrogen-bond acceptors (Lipinski definition) is 3. The predicted molar refractivity (Wildman–Crippen MR) is 90.9 cm³/mol. The normalized spacial score (nSPS) is 10.7. The van der Waals surface area contributed by atoms with Gasteiger partial charge in [0.15, 0.2) is 0 Å². The molecule has 0 bridgehead atoms. The zero-order valence-corrected chi connectivity index (χ0v) is 13.5. The first kappa shape index (κ1) is 17.1. The Morgan fingerprint density at radius 2 is 1.96 bits per heavy atom. The van der Waals surface area contributed by atoms with Crippen LogP contribution in [0.3, 0.4) is 0 Å². The van der Waals surface area contributed by atoms with E-state index in [9.17, 15) is 9.59 Å². The number of aromatic nitrogens is 1. The van der Waals surface area contributed by atoms with Crippen molar-refractivity contribution in [3.05, 3.63) is 52.3 Å². The Balaban J connectivity index is 1.74. The molecule has 0 aliphatic rings. The highest BCUT2D eigenvalue weighted by Crippen LogP contribution is 2.25. The Morgan fingerprint density at radius 3 is 2.65 bits per heavy atom. The van der Waals surface area contributed by atoms with Crippen LogP contribution in [-0.4, -0.2) is 23.0 Å². The predicted octanol–water partition coefficient (Wildman–Crippen LogP) is 3.19. The van der Waals surface area contributed by atoms with Gasteiger partial charge in [-0.2, -0.15) is 5.10 Å². The van der Waals surface area contributed by atoms with E-state index in [0.29, 0.717) is 15.7 Å². The fraction of sp³-hybridized carbons (Fsp3) is 0.133. The van der Waals surface area contributed by atoms with E-state index in [1.165, 1.54) is 12.3 Å². The fourth-order valence-electron chi connectivity index (χ4n) is 1.68. The van der Waals surface area contributed by atoms with E-state index in [-0.39, 0.29) is 24.7 Å². The van der Waals surface area contributed by atoms with Crippen molar-refractivity contribution in [1.29, 1.82) is 0 Å². The largest absolute Gasteiger partial charge is 0.360 e. The van der Waals surface area contributed by atoms with Gasteiger partial charge in [-0.3, -0.25) is 9.59 Å². The summed E-state index contributed by atoms with van der Waals surface area (Å²) in [4.78, 5) is 26.3. The second kappa shape index (κ2) is 8.36. The van der Waals surface area contributed by atoms with Crippen molar-refractivity contribution in [3.63, 3.8) is 0 Å². The monoisotopic (exact) mass is 352 g/mol. The van der Waals surface area contributed by atoms with Crippen LogP contribution in [0.2, 0.25) is 10.0 Å². The third kappa shape index (κ3) is 5.77. The zero-order valence-electron chi connectivity index (χ0n) is 12.0. The lowest BCUT2D eigenvalue weighted by Gasteiger charge is -2.07. The van der Waals surface area contributed by atoms with Gasteiger partial charge >= 0.3 is 0 Å². The number of halogens is 2. The Bertz CT molecular complexity index is 714. The summed E-state index contributed by atoms with van der Waals surface area (Å²) in [6.07, 6.45) is 3.25. The van der Waals surface area contributed by atoms with Gasteiger partial charge in [0, 0.05) is 24.1 Å². The molecule has 0 unspecified atom stereocenters. The van der Waals surface area contributed by atoms with E-state index in [2.05, 4.69) is 20.8 Å². The van der Waals surface area contributed by atoms with Gasteiger partial charge in [-0.25, -0.2) is 5.43 Å². The second-order valence-electron chi connectivity index (χ2n) is 4.59. The number of carbonyl (C=O) groups excluding carboxylic acids is 2. The molecular formula is C15H14Cl2N4O2. The van der Waals surface area contributed by atoms with Crippen molar-refractivity contribution in [2.45, 2.75) is 12.8 Å². The highest BCUT2D eigenvalue weighted by Gasteiger charge is 2.09. The average molecular weight is 353 g/mol. The summed E-state index contributed by atoms with van der Waals surface area (Å²) < 4.78 is 0. The van der Waals surface area contributed by atoms with Gasteiger partial charge in [-0.1, -0.05) is 23.2 Å². The highest BCUT2D eigenvalue weighted by atomic mass is 35.5. The molecule has 0 spiro atoms. The number of hydrazone groups is 1. The van der Waals surface area contributed by atoms with Crippen LogP contribution in [0.15, 0.2) is 41.6 Å². The summed E-state index contributed by atoms with van der Waals surface area (Å²) in [5, 5.41) is 7.21. The SMILES string of the molecule is O=C(CCC(=O)Nc1ccc(Cl)cc1Cl)NN=Cc1ccc[nH]1. The first-order chi connectivity index (χ1) is 11.0. The minimum Gasteiger partial charge on any atom is -0.360 e. The smallest absolute Gasteiger partial charge is 0.240 e.